The van der Waals surface area contributed by atoms with Gasteiger partial charge in [-0.1, -0.05) is 138 Å². The van der Waals surface area contributed by atoms with Crippen molar-refractivity contribution in [3.63, 3.8) is 0 Å². The lowest BCUT2D eigenvalue weighted by Gasteiger charge is -2.07. The maximum atomic E-state index is 12.2. The van der Waals surface area contributed by atoms with Crippen LogP contribution in [0.15, 0.2) is 48.5 Å². The van der Waals surface area contributed by atoms with E-state index in [1.165, 1.54) is 114 Å². The van der Waals surface area contributed by atoms with Gasteiger partial charge in [0.15, 0.2) is 0 Å². The maximum Gasteiger partial charge on any atom is 0.132 e. The first-order valence-electron chi connectivity index (χ1n) is 16.6. The van der Waals surface area contributed by atoms with Gasteiger partial charge in [-0.05, 0) is 60.8 Å². The number of carbonyl (C=O) groups is 1. The molecule has 2 N–H and O–H groups in total. The highest BCUT2D eigenvalue weighted by molar-refractivity contribution is 5.78. The predicted octanol–water partition coefficient (Wildman–Crippen LogP) is 9.83. The fourth-order valence-electron chi connectivity index (χ4n) is 5.79. The molecule has 0 aliphatic heterocycles. The molecule has 0 spiro atoms. The van der Waals surface area contributed by atoms with Crippen LogP contribution in [-0.4, -0.2) is 16.0 Å². The minimum absolute atomic E-state index is 0.147. The molecule has 2 aromatic rings. The molecule has 0 heterocycles. The Labute approximate surface area is 245 Å². The summed E-state index contributed by atoms with van der Waals surface area (Å²) in [5, 5.41) is 18.8. The lowest BCUT2D eigenvalue weighted by atomic mass is 10.00. The van der Waals surface area contributed by atoms with Crippen LogP contribution in [0.5, 0.6) is 0 Å². The number of unbranched alkanes of at least 4 members (excludes halogenated alkanes) is 16. The smallest absolute Gasteiger partial charge is 0.132 e. The van der Waals surface area contributed by atoms with E-state index in [1.54, 1.807) is 0 Å². The SMILES string of the molecule is O=C(CCCCCCCCCCCc1ccccc1CO)CCCCCCCCCCCc1ccccc1CO. The molecule has 0 unspecified atom stereocenters. The summed E-state index contributed by atoms with van der Waals surface area (Å²) >= 11 is 0. The van der Waals surface area contributed by atoms with Crippen molar-refractivity contribution in [2.24, 2.45) is 0 Å². The van der Waals surface area contributed by atoms with Gasteiger partial charge >= 0.3 is 0 Å². The van der Waals surface area contributed by atoms with Gasteiger partial charge in [0, 0.05) is 12.8 Å². The van der Waals surface area contributed by atoms with Crippen molar-refractivity contribution in [3.8, 4) is 0 Å². The average molecular weight is 551 g/mol. The number of aryl methyl sites for hydroxylation is 2. The number of rotatable bonds is 26. The Bertz CT molecular complexity index is 819. The van der Waals surface area contributed by atoms with Crippen molar-refractivity contribution >= 4 is 5.78 Å². The Balaban J connectivity index is 1.28. The molecule has 0 aliphatic carbocycles. The Morgan fingerprint density at radius 3 is 1.00 bits per heavy atom. The van der Waals surface area contributed by atoms with Gasteiger partial charge in [-0.2, -0.15) is 0 Å². The Kier molecular flexibility index (Phi) is 20.3. The van der Waals surface area contributed by atoms with E-state index >= 15 is 0 Å². The van der Waals surface area contributed by atoms with E-state index in [4.69, 9.17) is 0 Å². The number of carbonyl (C=O) groups excluding carboxylic acids is 1. The summed E-state index contributed by atoms with van der Waals surface area (Å²) in [5.41, 5.74) is 4.76. The first-order chi connectivity index (χ1) is 19.7. The molecule has 0 aliphatic rings. The van der Waals surface area contributed by atoms with E-state index in [9.17, 15) is 15.0 Å². The van der Waals surface area contributed by atoms with Gasteiger partial charge < -0.3 is 10.2 Å². The van der Waals surface area contributed by atoms with Crippen LogP contribution in [0.25, 0.3) is 0 Å². The zero-order chi connectivity index (χ0) is 28.5. The molecule has 0 saturated carbocycles. The molecule has 3 heteroatoms. The van der Waals surface area contributed by atoms with Gasteiger partial charge in [0.05, 0.1) is 13.2 Å². The lowest BCUT2D eigenvalue weighted by molar-refractivity contribution is -0.119. The largest absolute Gasteiger partial charge is 0.392 e. The second-order valence-corrected chi connectivity index (χ2v) is 11.8. The van der Waals surface area contributed by atoms with Gasteiger partial charge in [0.25, 0.3) is 0 Å². The number of ketones is 1. The van der Waals surface area contributed by atoms with Crippen LogP contribution < -0.4 is 0 Å². The second-order valence-electron chi connectivity index (χ2n) is 11.8. The van der Waals surface area contributed by atoms with Gasteiger partial charge in [-0.15, -0.1) is 0 Å². The molecule has 224 valence electrons. The number of benzene rings is 2. The zero-order valence-electron chi connectivity index (χ0n) is 25.4. The number of aliphatic hydroxyl groups is 2. The molecular weight excluding hydrogens is 492 g/mol. The lowest BCUT2D eigenvalue weighted by Crippen LogP contribution is -1.97. The number of hydrogen-bond donors (Lipinski definition) is 2. The molecule has 0 amide bonds. The van der Waals surface area contributed by atoms with Crippen LogP contribution in [-0.2, 0) is 30.8 Å². The Morgan fingerprint density at radius 1 is 0.400 bits per heavy atom. The van der Waals surface area contributed by atoms with E-state index in [0.29, 0.717) is 5.78 Å². The molecule has 0 atom stereocenters. The Morgan fingerprint density at radius 2 is 0.675 bits per heavy atom. The van der Waals surface area contributed by atoms with Crippen molar-refractivity contribution in [2.45, 2.75) is 154 Å². The quantitative estimate of drug-likeness (QED) is 0.115. The zero-order valence-corrected chi connectivity index (χ0v) is 25.4. The first kappa shape index (κ1) is 34.2. The normalized spacial score (nSPS) is 11.2. The standard InChI is InChI=1S/C37H58O3/c38-31-35-27-21-19-25-33(35)23-15-11-7-3-1-5-9-13-17-29-37(40)30-18-14-10-6-2-4-8-12-16-24-34-26-20-22-28-36(34)32-39/h19-22,25-28,38-39H,1-18,23-24,29-32H2. The van der Waals surface area contributed by atoms with Crippen molar-refractivity contribution in [3.05, 3.63) is 70.8 Å². The minimum Gasteiger partial charge on any atom is -0.392 e. The van der Waals surface area contributed by atoms with Crippen LogP contribution in [0.1, 0.15) is 151 Å². The maximum absolute atomic E-state index is 12.2. The summed E-state index contributed by atoms with van der Waals surface area (Å²) in [7, 11) is 0. The molecule has 40 heavy (non-hydrogen) atoms. The number of aliphatic hydroxyl groups excluding tert-OH is 2. The average Bonchev–Trinajstić information content (AvgIpc) is 2.99. The second kappa shape index (κ2) is 23.7. The summed E-state index contributed by atoms with van der Waals surface area (Å²) < 4.78 is 0. The molecule has 0 radical (unpaired) electrons. The fourth-order valence-corrected chi connectivity index (χ4v) is 5.79. The van der Waals surface area contributed by atoms with Gasteiger partial charge in [0.2, 0.25) is 0 Å². The molecule has 2 rings (SSSR count). The van der Waals surface area contributed by atoms with Crippen LogP contribution in [0.3, 0.4) is 0 Å². The van der Waals surface area contributed by atoms with Gasteiger partial charge in [0.1, 0.15) is 5.78 Å². The van der Waals surface area contributed by atoms with Gasteiger partial charge in [-0.25, -0.2) is 0 Å². The summed E-state index contributed by atoms with van der Waals surface area (Å²) in [6.45, 7) is 0.293. The number of Topliss-reactive ketones (excluding diaryl/α,β-unsaturated/α-hetero) is 1. The van der Waals surface area contributed by atoms with E-state index in [0.717, 1.165) is 49.7 Å². The third-order valence-corrected chi connectivity index (χ3v) is 8.38. The van der Waals surface area contributed by atoms with E-state index in [1.807, 2.05) is 24.3 Å². The highest BCUT2D eigenvalue weighted by Gasteiger charge is 2.04. The molecule has 0 saturated heterocycles. The first-order valence-corrected chi connectivity index (χ1v) is 16.6. The molecule has 0 aromatic heterocycles. The summed E-state index contributed by atoms with van der Waals surface area (Å²) in [6.07, 6.45) is 26.3. The van der Waals surface area contributed by atoms with Crippen molar-refractivity contribution in [1.82, 2.24) is 0 Å². The Hall–Kier alpha value is -1.97. The molecule has 0 fully saturated rings. The monoisotopic (exact) mass is 550 g/mol. The fraction of sp³-hybridized carbons (Fsp3) is 0.649. The van der Waals surface area contributed by atoms with Crippen molar-refractivity contribution in [1.29, 1.82) is 0 Å². The summed E-state index contributed by atoms with van der Waals surface area (Å²) in [4.78, 5) is 12.2. The van der Waals surface area contributed by atoms with Crippen LogP contribution >= 0.6 is 0 Å². The third-order valence-electron chi connectivity index (χ3n) is 8.38. The summed E-state index contributed by atoms with van der Waals surface area (Å²) in [6, 6.07) is 16.5. The van der Waals surface area contributed by atoms with Crippen molar-refractivity contribution < 1.29 is 15.0 Å². The number of hydrogen-bond acceptors (Lipinski definition) is 3. The van der Waals surface area contributed by atoms with E-state index in [-0.39, 0.29) is 13.2 Å². The van der Waals surface area contributed by atoms with E-state index < -0.39 is 0 Å². The highest BCUT2D eigenvalue weighted by atomic mass is 16.3. The summed E-state index contributed by atoms with van der Waals surface area (Å²) in [5.74, 6) is 0.477. The van der Waals surface area contributed by atoms with Crippen molar-refractivity contribution in [2.75, 3.05) is 0 Å². The predicted molar refractivity (Wildman–Crippen MR) is 169 cm³/mol. The molecule has 0 bridgehead atoms. The molecule has 3 nitrogen and oxygen atoms in total. The minimum atomic E-state index is 0.147. The molecule has 2 aromatic carbocycles. The van der Waals surface area contributed by atoms with E-state index in [2.05, 4.69) is 24.3 Å². The van der Waals surface area contributed by atoms with Gasteiger partial charge in [-0.3, -0.25) is 4.79 Å². The highest BCUT2D eigenvalue weighted by Crippen LogP contribution is 2.17. The third kappa shape index (κ3) is 16.3. The van der Waals surface area contributed by atoms with Crippen LogP contribution in [0, 0.1) is 0 Å². The molecular formula is C37H58O3. The van der Waals surface area contributed by atoms with Crippen LogP contribution in [0.2, 0.25) is 0 Å². The topological polar surface area (TPSA) is 57.5 Å². The van der Waals surface area contributed by atoms with Crippen LogP contribution in [0.4, 0.5) is 0 Å².